The molecule has 1 N–H and O–H groups in total. The summed E-state index contributed by atoms with van der Waals surface area (Å²) in [6.45, 7) is 7.78. The highest BCUT2D eigenvalue weighted by atomic mass is 32.2. The summed E-state index contributed by atoms with van der Waals surface area (Å²) in [5, 5.41) is 0.668. The SMILES string of the molecule is C=CCSc1nc2c(c(=O)[nH]c(=O)n2C)n1CC=C. The number of rotatable bonds is 5. The predicted octanol–water partition coefficient (Wildman–Crippen LogP) is 0.887. The average Bonchev–Trinajstić information content (AvgIpc) is 2.74. The minimum atomic E-state index is -0.471. The van der Waals surface area contributed by atoms with Crippen molar-refractivity contribution >= 4 is 22.9 Å². The van der Waals surface area contributed by atoms with Crippen LogP contribution >= 0.6 is 11.8 Å². The Morgan fingerprint density at radius 2 is 2.11 bits per heavy atom. The lowest BCUT2D eigenvalue weighted by Crippen LogP contribution is -2.29. The summed E-state index contributed by atoms with van der Waals surface area (Å²) in [7, 11) is 1.58. The molecule has 0 spiro atoms. The number of nitrogens with zero attached hydrogens (tertiary/aromatic N) is 3. The molecule has 0 aliphatic heterocycles. The van der Waals surface area contributed by atoms with Crippen LogP contribution in [0.25, 0.3) is 11.2 Å². The van der Waals surface area contributed by atoms with Crippen molar-refractivity contribution < 1.29 is 0 Å². The van der Waals surface area contributed by atoms with E-state index in [0.29, 0.717) is 28.6 Å². The first-order valence-electron chi connectivity index (χ1n) is 5.64. The molecule has 2 aromatic rings. The molecule has 7 heteroatoms. The van der Waals surface area contributed by atoms with E-state index in [4.69, 9.17) is 0 Å². The molecule has 0 aliphatic rings. The predicted molar refractivity (Wildman–Crippen MR) is 76.7 cm³/mol. The van der Waals surface area contributed by atoms with Crippen molar-refractivity contribution in [1.29, 1.82) is 0 Å². The van der Waals surface area contributed by atoms with Gasteiger partial charge in [-0.15, -0.1) is 13.2 Å². The fourth-order valence-corrected chi connectivity index (χ4v) is 2.50. The Morgan fingerprint density at radius 3 is 2.74 bits per heavy atom. The van der Waals surface area contributed by atoms with Crippen LogP contribution < -0.4 is 11.2 Å². The van der Waals surface area contributed by atoms with Gasteiger partial charge in [0.05, 0.1) is 0 Å². The van der Waals surface area contributed by atoms with Crippen LogP contribution in [0.4, 0.5) is 0 Å². The number of aromatic amines is 1. The Morgan fingerprint density at radius 1 is 1.37 bits per heavy atom. The maximum absolute atomic E-state index is 11.9. The Bertz CT molecular complexity index is 753. The second-order valence-electron chi connectivity index (χ2n) is 3.88. The molecule has 2 aromatic heterocycles. The first-order chi connectivity index (χ1) is 9.10. The number of allylic oxidation sites excluding steroid dienone is 1. The highest BCUT2D eigenvalue weighted by Crippen LogP contribution is 2.21. The Balaban J connectivity index is 2.79. The van der Waals surface area contributed by atoms with E-state index in [1.165, 1.54) is 16.3 Å². The van der Waals surface area contributed by atoms with Gasteiger partial charge in [0.15, 0.2) is 16.3 Å². The number of nitrogens with one attached hydrogen (secondary N) is 1. The van der Waals surface area contributed by atoms with Crippen LogP contribution in [0.5, 0.6) is 0 Å². The number of aromatic nitrogens is 4. The lowest BCUT2D eigenvalue weighted by atomic mass is 10.5. The Hall–Kier alpha value is -2.02. The second-order valence-corrected chi connectivity index (χ2v) is 4.87. The number of thioether (sulfide) groups is 1. The van der Waals surface area contributed by atoms with E-state index in [1.807, 2.05) is 0 Å². The summed E-state index contributed by atoms with van der Waals surface area (Å²) in [6.07, 6.45) is 3.44. The average molecular weight is 278 g/mol. The van der Waals surface area contributed by atoms with Gasteiger partial charge in [0.1, 0.15) is 0 Å². The van der Waals surface area contributed by atoms with Gasteiger partial charge in [-0.2, -0.15) is 0 Å². The first kappa shape index (κ1) is 13.4. The van der Waals surface area contributed by atoms with E-state index in [2.05, 4.69) is 23.1 Å². The molecule has 0 aliphatic carbocycles. The molecule has 6 nitrogen and oxygen atoms in total. The van der Waals surface area contributed by atoms with Crippen molar-refractivity contribution in [3.8, 4) is 0 Å². The van der Waals surface area contributed by atoms with E-state index < -0.39 is 11.2 Å². The molecule has 0 atom stereocenters. The third kappa shape index (κ3) is 2.28. The smallest absolute Gasteiger partial charge is 0.309 e. The summed E-state index contributed by atoms with van der Waals surface area (Å²) in [5.41, 5.74) is -0.144. The number of fused-ring (bicyclic) bond motifs is 1. The molecule has 0 saturated heterocycles. The van der Waals surface area contributed by atoms with E-state index in [0.717, 1.165) is 0 Å². The standard InChI is InChI=1S/C12H14N4O2S/c1-4-6-16-8-9(13-12(16)19-7-5-2)15(3)11(18)14-10(8)17/h4-5H,1-2,6-7H2,3H3,(H,14,17,18). The van der Waals surface area contributed by atoms with Crippen LogP contribution in [0.3, 0.4) is 0 Å². The molecule has 0 saturated carbocycles. The quantitative estimate of drug-likeness (QED) is 0.651. The number of aryl methyl sites for hydroxylation is 1. The highest BCUT2D eigenvalue weighted by molar-refractivity contribution is 7.99. The summed E-state index contributed by atoms with van der Waals surface area (Å²) >= 11 is 1.45. The molecule has 19 heavy (non-hydrogen) atoms. The molecular weight excluding hydrogens is 264 g/mol. The van der Waals surface area contributed by atoms with Gasteiger partial charge in [0, 0.05) is 19.3 Å². The van der Waals surface area contributed by atoms with E-state index in [9.17, 15) is 9.59 Å². The van der Waals surface area contributed by atoms with E-state index in [-0.39, 0.29) is 0 Å². The van der Waals surface area contributed by atoms with Crippen LogP contribution in [0.1, 0.15) is 0 Å². The summed E-state index contributed by atoms with van der Waals surface area (Å²) in [5.74, 6) is 0.673. The van der Waals surface area contributed by atoms with Crippen molar-refractivity contribution in [2.75, 3.05) is 5.75 Å². The minimum absolute atomic E-state index is 0.377. The molecule has 0 bridgehead atoms. The zero-order valence-corrected chi connectivity index (χ0v) is 11.4. The minimum Gasteiger partial charge on any atom is -0.309 e. The van der Waals surface area contributed by atoms with Gasteiger partial charge in [0.25, 0.3) is 5.56 Å². The molecular formula is C12H14N4O2S. The maximum atomic E-state index is 11.9. The van der Waals surface area contributed by atoms with Gasteiger partial charge >= 0.3 is 5.69 Å². The van der Waals surface area contributed by atoms with Crippen molar-refractivity contribution in [1.82, 2.24) is 19.1 Å². The van der Waals surface area contributed by atoms with Gasteiger partial charge in [-0.1, -0.05) is 23.9 Å². The highest BCUT2D eigenvalue weighted by Gasteiger charge is 2.16. The van der Waals surface area contributed by atoms with Gasteiger partial charge in [0.2, 0.25) is 0 Å². The fourth-order valence-electron chi connectivity index (χ4n) is 1.76. The van der Waals surface area contributed by atoms with Gasteiger partial charge in [-0.3, -0.25) is 14.3 Å². The summed E-state index contributed by atoms with van der Waals surface area (Å²) in [4.78, 5) is 30.1. The lowest BCUT2D eigenvalue weighted by Gasteiger charge is -2.03. The van der Waals surface area contributed by atoms with E-state index in [1.54, 1.807) is 23.8 Å². The van der Waals surface area contributed by atoms with Crippen molar-refractivity contribution in [3.63, 3.8) is 0 Å². The van der Waals surface area contributed by atoms with Crippen LogP contribution in [0.2, 0.25) is 0 Å². The zero-order chi connectivity index (χ0) is 14.0. The second kappa shape index (κ2) is 5.31. The van der Waals surface area contributed by atoms with Crippen LogP contribution in [-0.4, -0.2) is 24.9 Å². The number of hydrogen-bond donors (Lipinski definition) is 1. The van der Waals surface area contributed by atoms with Gasteiger partial charge in [-0.25, -0.2) is 9.78 Å². The van der Waals surface area contributed by atoms with Crippen LogP contribution in [0, 0.1) is 0 Å². The van der Waals surface area contributed by atoms with Crippen molar-refractivity contribution in [2.24, 2.45) is 7.05 Å². The van der Waals surface area contributed by atoms with Gasteiger partial charge < -0.3 is 4.57 Å². The Labute approximate surface area is 113 Å². The topological polar surface area (TPSA) is 72.7 Å². The number of imidazole rings is 1. The molecule has 0 unspecified atom stereocenters. The maximum Gasteiger partial charge on any atom is 0.329 e. The zero-order valence-electron chi connectivity index (χ0n) is 10.5. The molecule has 0 aromatic carbocycles. The largest absolute Gasteiger partial charge is 0.329 e. The summed E-state index contributed by atoms with van der Waals surface area (Å²) < 4.78 is 3.07. The van der Waals surface area contributed by atoms with Crippen LogP contribution in [-0.2, 0) is 13.6 Å². The number of H-pyrrole nitrogens is 1. The molecule has 0 amide bonds. The van der Waals surface area contributed by atoms with Crippen LogP contribution in [0.15, 0.2) is 40.1 Å². The van der Waals surface area contributed by atoms with Crippen molar-refractivity contribution in [3.05, 3.63) is 46.1 Å². The molecule has 2 rings (SSSR count). The molecule has 100 valence electrons. The molecule has 2 heterocycles. The van der Waals surface area contributed by atoms with Crippen molar-refractivity contribution in [2.45, 2.75) is 11.7 Å². The normalized spacial score (nSPS) is 10.8. The third-order valence-electron chi connectivity index (χ3n) is 2.61. The number of hydrogen-bond acceptors (Lipinski definition) is 4. The fraction of sp³-hybridized carbons (Fsp3) is 0.250. The van der Waals surface area contributed by atoms with E-state index >= 15 is 0 Å². The Kier molecular flexibility index (Phi) is 3.75. The monoisotopic (exact) mass is 278 g/mol. The summed E-state index contributed by atoms with van der Waals surface area (Å²) in [6, 6.07) is 0. The molecule has 0 fully saturated rings. The first-order valence-corrected chi connectivity index (χ1v) is 6.62. The third-order valence-corrected chi connectivity index (χ3v) is 3.59. The van der Waals surface area contributed by atoms with Gasteiger partial charge in [-0.05, 0) is 0 Å². The lowest BCUT2D eigenvalue weighted by molar-refractivity contribution is 0.746. The molecule has 0 radical (unpaired) electrons.